The Labute approximate surface area is 416 Å². The number of unbranched alkanes of at least 4 members (excludes halogenated alkanes) is 33. The number of hydrogen-bond acceptors (Lipinski definition) is 6. The molecule has 0 radical (unpaired) electrons. The Hall–Kier alpha value is -0.876. The molecule has 0 saturated heterocycles. The first kappa shape index (κ1) is 72.1. The SMILES string of the molecule is CC(C)CCCCCCCCCCCCCCC(=O)[O-].CC(C)CCCCCCCCCCCCCCC(=O)[O-].CC(C)CCCCCCCCCCCCCCC(=O)[O-].C[CH-]C.[Ti+4]. The van der Waals surface area contributed by atoms with Crippen molar-refractivity contribution in [2.45, 2.75) is 325 Å². The third kappa shape index (κ3) is 87.9. The maximum absolute atomic E-state index is 10.2. The van der Waals surface area contributed by atoms with E-state index in [-0.39, 0.29) is 41.0 Å². The molecule has 380 valence electrons. The van der Waals surface area contributed by atoms with E-state index in [1.165, 1.54) is 212 Å². The molecule has 0 aromatic rings. The van der Waals surface area contributed by atoms with Gasteiger partial charge in [-0.1, -0.05) is 273 Å². The molecule has 0 atom stereocenters. The third-order valence-electron chi connectivity index (χ3n) is 11.7. The summed E-state index contributed by atoms with van der Waals surface area (Å²) in [6, 6.07) is 0. The third-order valence-corrected chi connectivity index (χ3v) is 11.7. The summed E-state index contributed by atoms with van der Waals surface area (Å²) < 4.78 is 0. The van der Waals surface area contributed by atoms with Gasteiger partial charge in [-0.05, 0) is 56.3 Å². The molecule has 0 bridgehead atoms. The van der Waals surface area contributed by atoms with Crippen molar-refractivity contribution < 1.29 is 51.4 Å². The van der Waals surface area contributed by atoms with Gasteiger partial charge in [0, 0.05) is 17.9 Å². The number of carboxylic acid groups (broad SMARTS) is 3. The van der Waals surface area contributed by atoms with Crippen LogP contribution in [0.15, 0.2) is 0 Å². The first-order chi connectivity index (χ1) is 30.3. The number of carboxylic acids is 3. The smallest absolute Gasteiger partial charge is 0.550 e. The van der Waals surface area contributed by atoms with Gasteiger partial charge in [0.1, 0.15) is 0 Å². The number of rotatable bonds is 45. The molecule has 0 saturated carbocycles. The van der Waals surface area contributed by atoms with E-state index in [1.54, 1.807) is 0 Å². The molecule has 0 rings (SSSR count). The van der Waals surface area contributed by atoms with Gasteiger partial charge in [0.15, 0.2) is 0 Å². The van der Waals surface area contributed by atoms with Crippen LogP contribution < -0.4 is 15.3 Å². The average Bonchev–Trinajstić information content (AvgIpc) is 3.21. The minimum atomic E-state index is -0.904. The molecule has 64 heavy (non-hydrogen) atoms. The van der Waals surface area contributed by atoms with E-state index in [0.29, 0.717) is 0 Å². The van der Waals surface area contributed by atoms with Crippen molar-refractivity contribution in [3.63, 3.8) is 0 Å². The summed E-state index contributed by atoms with van der Waals surface area (Å²) in [5.74, 6) is -0.125. The number of hydrogen-bond donors (Lipinski definition) is 0. The van der Waals surface area contributed by atoms with Gasteiger partial charge in [-0.15, -0.1) is 0 Å². The van der Waals surface area contributed by atoms with Crippen LogP contribution >= 0.6 is 0 Å². The van der Waals surface area contributed by atoms with Crippen molar-refractivity contribution in [3.8, 4) is 0 Å². The van der Waals surface area contributed by atoms with Gasteiger partial charge >= 0.3 is 21.7 Å². The monoisotopic (exact) mass is 941 g/mol. The second kappa shape index (κ2) is 64.2. The van der Waals surface area contributed by atoms with Gasteiger partial charge < -0.3 is 36.1 Å². The van der Waals surface area contributed by atoms with Crippen LogP contribution in [0.2, 0.25) is 0 Å². The fourth-order valence-electron chi connectivity index (χ4n) is 7.77. The van der Waals surface area contributed by atoms with E-state index in [4.69, 9.17) is 0 Å². The fraction of sp³-hybridized carbons (Fsp3) is 0.930. The molecule has 6 nitrogen and oxygen atoms in total. The van der Waals surface area contributed by atoms with Gasteiger partial charge in [0.2, 0.25) is 0 Å². The molecule has 0 aromatic carbocycles. The normalized spacial score (nSPS) is 10.7. The van der Waals surface area contributed by atoms with Crippen LogP contribution in [0.1, 0.15) is 325 Å². The Kier molecular flexibility index (Phi) is 72.3. The predicted molar refractivity (Wildman–Crippen MR) is 269 cm³/mol. The Bertz CT molecular complexity index is 767. The van der Waals surface area contributed by atoms with Crippen LogP contribution in [0.25, 0.3) is 0 Å². The van der Waals surface area contributed by atoms with E-state index in [1.807, 2.05) is 20.3 Å². The Morgan fingerprint density at radius 2 is 0.391 bits per heavy atom. The molecular formula is C57H112O6Ti. The zero-order chi connectivity index (χ0) is 47.9. The summed E-state index contributed by atoms with van der Waals surface area (Å²) in [5.41, 5.74) is 0. The van der Waals surface area contributed by atoms with E-state index < -0.39 is 17.9 Å². The van der Waals surface area contributed by atoms with Crippen LogP contribution in [0.4, 0.5) is 0 Å². The van der Waals surface area contributed by atoms with Crippen LogP contribution in [0.5, 0.6) is 0 Å². The molecule has 0 amide bonds. The van der Waals surface area contributed by atoms with Crippen molar-refractivity contribution in [1.82, 2.24) is 0 Å². The van der Waals surface area contributed by atoms with E-state index in [2.05, 4.69) is 41.5 Å². The zero-order valence-electron chi connectivity index (χ0n) is 44.5. The zero-order valence-corrected chi connectivity index (χ0v) is 46.0. The van der Waals surface area contributed by atoms with Crippen molar-refractivity contribution >= 4 is 17.9 Å². The molecule has 0 aliphatic rings. The molecule has 0 fully saturated rings. The summed E-state index contributed by atoms with van der Waals surface area (Å²) in [6.45, 7) is 17.8. The van der Waals surface area contributed by atoms with Crippen LogP contribution in [-0.4, -0.2) is 17.9 Å². The number of carbonyl (C=O) groups excluding carboxylic acids is 3. The topological polar surface area (TPSA) is 120 Å². The van der Waals surface area contributed by atoms with E-state index in [0.717, 1.165) is 56.3 Å². The summed E-state index contributed by atoms with van der Waals surface area (Å²) in [7, 11) is 0. The summed E-state index contributed by atoms with van der Waals surface area (Å²) in [5, 5.41) is 30.7. The average molecular weight is 941 g/mol. The van der Waals surface area contributed by atoms with Crippen molar-refractivity contribution in [3.05, 3.63) is 6.42 Å². The predicted octanol–water partition coefficient (Wildman–Crippen LogP) is 15.8. The van der Waals surface area contributed by atoms with Crippen molar-refractivity contribution in [2.75, 3.05) is 0 Å². The van der Waals surface area contributed by atoms with Gasteiger partial charge in [-0.25, -0.2) is 0 Å². The van der Waals surface area contributed by atoms with E-state index in [9.17, 15) is 29.7 Å². The maximum atomic E-state index is 10.2. The Morgan fingerprint density at radius 3 is 0.500 bits per heavy atom. The molecule has 0 heterocycles. The molecule has 0 aliphatic heterocycles. The minimum absolute atomic E-state index is 0. The van der Waals surface area contributed by atoms with Gasteiger partial charge in [-0.2, -0.15) is 13.8 Å². The van der Waals surface area contributed by atoms with Crippen LogP contribution in [0, 0.1) is 24.2 Å². The summed E-state index contributed by atoms with van der Waals surface area (Å²) >= 11 is 0. The molecule has 0 spiro atoms. The van der Waals surface area contributed by atoms with Crippen LogP contribution in [0.3, 0.4) is 0 Å². The fourth-order valence-corrected chi connectivity index (χ4v) is 7.77. The van der Waals surface area contributed by atoms with Gasteiger partial charge in [0.05, 0.1) is 0 Å². The Morgan fingerprint density at radius 1 is 0.281 bits per heavy atom. The maximum Gasteiger partial charge on any atom is 4.00 e. The largest absolute Gasteiger partial charge is 4.00 e. The molecule has 7 heteroatoms. The van der Waals surface area contributed by atoms with E-state index >= 15 is 0 Å². The summed E-state index contributed by atoms with van der Waals surface area (Å²) in [6.07, 6.45) is 53.0. The minimum Gasteiger partial charge on any atom is -0.550 e. The second-order valence-corrected chi connectivity index (χ2v) is 20.2. The standard InChI is InChI=1S/3C18H36O2.C3H7.Ti/c3*1-17(2)15-13-11-9-7-5-3-4-6-8-10-12-14-16-18(19)20;1-3-2;/h3*17H,3-16H2,1-2H3,(H,19,20);3H,1-2H3;/q;;;-1;+4/p-3. The second-order valence-electron chi connectivity index (χ2n) is 20.2. The molecular weight excluding hydrogens is 828 g/mol. The molecule has 0 unspecified atom stereocenters. The van der Waals surface area contributed by atoms with Gasteiger partial charge in [0.25, 0.3) is 0 Å². The van der Waals surface area contributed by atoms with Crippen molar-refractivity contribution in [2.24, 2.45) is 17.8 Å². The van der Waals surface area contributed by atoms with Crippen molar-refractivity contribution in [1.29, 1.82) is 0 Å². The number of aliphatic carboxylic acids is 3. The van der Waals surface area contributed by atoms with Gasteiger partial charge in [-0.3, -0.25) is 0 Å². The first-order valence-corrected chi connectivity index (χ1v) is 27.6. The quantitative estimate of drug-likeness (QED) is 0.0341. The summed E-state index contributed by atoms with van der Waals surface area (Å²) in [4.78, 5) is 30.7. The number of carbonyl (C=O) groups is 3. The molecule has 0 N–H and O–H groups in total. The molecule has 0 aliphatic carbocycles. The molecule has 0 aromatic heterocycles. The van der Waals surface area contributed by atoms with Crippen LogP contribution in [-0.2, 0) is 36.1 Å². The first-order valence-electron chi connectivity index (χ1n) is 27.6. The Balaban J connectivity index is -0.000000261.